The van der Waals surface area contributed by atoms with Gasteiger partial charge < -0.3 is 19.8 Å². The third-order valence-corrected chi connectivity index (χ3v) is 2.53. The lowest BCUT2D eigenvalue weighted by atomic mass is 10.1. The number of hydrogen-bond donors (Lipinski definition) is 2. The van der Waals surface area contributed by atoms with Crippen LogP contribution in [0.5, 0.6) is 0 Å². The van der Waals surface area contributed by atoms with E-state index in [1.807, 2.05) is 0 Å². The molecule has 0 aliphatic carbocycles. The minimum absolute atomic E-state index is 0.150. The molecule has 0 spiro atoms. The normalized spacial score (nSPS) is 13.7. The zero-order valence-electron chi connectivity index (χ0n) is 10.8. The highest BCUT2D eigenvalue weighted by molar-refractivity contribution is 5.85. The van der Waals surface area contributed by atoms with Crippen molar-refractivity contribution in [3.05, 3.63) is 0 Å². The smallest absolute Gasteiger partial charge is 0.326 e. The zero-order chi connectivity index (χ0) is 14.3. The van der Waals surface area contributed by atoms with Crippen molar-refractivity contribution >= 4 is 17.8 Å². The molecule has 18 heavy (non-hydrogen) atoms. The summed E-state index contributed by atoms with van der Waals surface area (Å²) in [6, 6.07) is -1.03. The Kier molecular flexibility index (Phi) is 6.96. The van der Waals surface area contributed by atoms with Gasteiger partial charge in [-0.2, -0.15) is 0 Å². The number of carboxylic acids is 2. The van der Waals surface area contributed by atoms with E-state index in [0.29, 0.717) is 0 Å². The Balaban J connectivity index is 4.97. The third-order valence-electron chi connectivity index (χ3n) is 2.53. The van der Waals surface area contributed by atoms with Gasteiger partial charge in [-0.05, 0) is 6.42 Å². The summed E-state index contributed by atoms with van der Waals surface area (Å²) < 4.78 is 4.67. The molecule has 0 heterocycles. The molecule has 0 aliphatic heterocycles. The van der Waals surface area contributed by atoms with Gasteiger partial charge in [0.1, 0.15) is 12.6 Å². The van der Waals surface area contributed by atoms with Crippen LogP contribution in [0.4, 0.5) is 0 Å². The fraction of sp³-hybridized carbons (Fsp3) is 0.727. The van der Waals surface area contributed by atoms with Crippen molar-refractivity contribution in [3.63, 3.8) is 0 Å². The van der Waals surface area contributed by atoms with Crippen LogP contribution in [0.25, 0.3) is 0 Å². The quantitative estimate of drug-likeness (QED) is 0.639. The SMILES string of the molecule is CCC(C(=O)O)N(CC(C)C(=O)O)C(=O)COC. The maximum atomic E-state index is 11.8. The summed E-state index contributed by atoms with van der Waals surface area (Å²) in [5.41, 5.74) is 0. The maximum absolute atomic E-state index is 11.8. The number of carbonyl (C=O) groups is 3. The first kappa shape index (κ1) is 16.4. The molecule has 1 amide bonds. The average Bonchev–Trinajstić information content (AvgIpc) is 2.28. The molecule has 7 nitrogen and oxygen atoms in total. The highest BCUT2D eigenvalue weighted by atomic mass is 16.5. The lowest BCUT2D eigenvalue weighted by Gasteiger charge is -2.29. The molecule has 0 bridgehead atoms. The maximum Gasteiger partial charge on any atom is 0.326 e. The molecule has 0 aliphatic rings. The van der Waals surface area contributed by atoms with E-state index in [0.717, 1.165) is 4.90 Å². The molecule has 7 heteroatoms. The molecule has 0 aromatic rings. The standard InChI is InChI=1S/C11H19NO6/c1-4-8(11(16)17)12(9(13)6-18-3)5-7(2)10(14)15/h7-8H,4-6H2,1-3H3,(H,14,15)(H,16,17). The predicted octanol–water partition coefficient (Wildman–Crippen LogP) is 0.0453. The Hall–Kier alpha value is -1.63. The van der Waals surface area contributed by atoms with Gasteiger partial charge in [-0.15, -0.1) is 0 Å². The van der Waals surface area contributed by atoms with Crippen LogP contribution in [-0.2, 0) is 19.1 Å². The van der Waals surface area contributed by atoms with Crippen LogP contribution in [0, 0.1) is 5.92 Å². The number of carboxylic acid groups (broad SMARTS) is 2. The van der Waals surface area contributed by atoms with Crippen LogP contribution in [0.15, 0.2) is 0 Å². The average molecular weight is 261 g/mol. The first-order valence-electron chi connectivity index (χ1n) is 5.59. The second kappa shape index (κ2) is 7.65. The Morgan fingerprint density at radius 1 is 1.22 bits per heavy atom. The number of ether oxygens (including phenoxy) is 1. The van der Waals surface area contributed by atoms with Crippen LogP contribution < -0.4 is 0 Å². The van der Waals surface area contributed by atoms with E-state index < -0.39 is 29.8 Å². The van der Waals surface area contributed by atoms with Crippen molar-refractivity contribution in [2.75, 3.05) is 20.3 Å². The predicted molar refractivity (Wildman–Crippen MR) is 62.1 cm³/mol. The molecule has 2 N–H and O–H groups in total. The molecular weight excluding hydrogens is 242 g/mol. The number of carbonyl (C=O) groups excluding carboxylic acids is 1. The summed E-state index contributed by atoms with van der Waals surface area (Å²) in [5.74, 6) is -3.59. The first-order valence-corrected chi connectivity index (χ1v) is 5.59. The van der Waals surface area contributed by atoms with E-state index in [2.05, 4.69) is 4.74 Å². The second-order valence-corrected chi connectivity index (χ2v) is 3.98. The molecule has 0 aromatic carbocycles. The molecule has 0 aromatic heterocycles. The minimum Gasteiger partial charge on any atom is -0.481 e. The van der Waals surface area contributed by atoms with Crippen molar-refractivity contribution in [3.8, 4) is 0 Å². The van der Waals surface area contributed by atoms with E-state index >= 15 is 0 Å². The summed E-state index contributed by atoms with van der Waals surface area (Å²) in [6.45, 7) is 2.62. The largest absolute Gasteiger partial charge is 0.481 e. The minimum atomic E-state index is -1.15. The van der Waals surface area contributed by atoms with E-state index in [4.69, 9.17) is 10.2 Å². The first-order chi connectivity index (χ1) is 8.34. The number of rotatable bonds is 8. The van der Waals surface area contributed by atoms with E-state index in [1.165, 1.54) is 14.0 Å². The van der Waals surface area contributed by atoms with Gasteiger partial charge in [0.2, 0.25) is 5.91 Å². The van der Waals surface area contributed by atoms with E-state index in [9.17, 15) is 14.4 Å². The monoisotopic (exact) mass is 261 g/mol. The van der Waals surface area contributed by atoms with Crippen LogP contribution in [0.2, 0.25) is 0 Å². The second-order valence-electron chi connectivity index (χ2n) is 3.98. The van der Waals surface area contributed by atoms with E-state index in [-0.39, 0.29) is 19.6 Å². The Morgan fingerprint density at radius 2 is 1.78 bits per heavy atom. The summed E-state index contributed by atoms with van der Waals surface area (Å²) in [7, 11) is 1.32. The van der Waals surface area contributed by atoms with Crippen LogP contribution >= 0.6 is 0 Å². The van der Waals surface area contributed by atoms with Crippen molar-refractivity contribution in [1.29, 1.82) is 0 Å². The van der Waals surface area contributed by atoms with Crippen LogP contribution in [-0.4, -0.2) is 59.3 Å². The summed E-state index contributed by atoms with van der Waals surface area (Å²) >= 11 is 0. The molecule has 0 fully saturated rings. The molecular formula is C11H19NO6. The topological polar surface area (TPSA) is 104 Å². The Morgan fingerprint density at radius 3 is 2.11 bits per heavy atom. The molecule has 0 saturated carbocycles. The number of amides is 1. The molecule has 2 unspecified atom stereocenters. The zero-order valence-corrected chi connectivity index (χ0v) is 10.8. The number of hydrogen-bond acceptors (Lipinski definition) is 4. The van der Waals surface area contributed by atoms with Crippen LogP contribution in [0.1, 0.15) is 20.3 Å². The third kappa shape index (κ3) is 4.70. The van der Waals surface area contributed by atoms with Gasteiger partial charge in [0.05, 0.1) is 5.92 Å². The van der Waals surface area contributed by atoms with Gasteiger partial charge in [0, 0.05) is 13.7 Å². The highest BCUT2D eigenvalue weighted by Gasteiger charge is 2.30. The van der Waals surface area contributed by atoms with Gasteiger partial charge in [0.15, 0.2) is 0 Å². The Labute approximate surface area is 105 Å². The highest BCUT2D eigenvalue weighted by Crippen LogP contribution is 2.10. The molecule has 2 atom stereocenters. The molecule has 0 radical (unpaired) electrons. The van der Waals surface area contributed by atoms with Gasteiger partial charge in [-0.3, -0.25) is 9.59 Å². The lowest BCUT2D eigenvalue weighted by Crippen LogP contribution is -2.49. The van der Waals surface area contributed by atoms with Gasteiger partial charge >= 0.3 is 11.9 Å². The number of aliphatic carboxylic acids is 2. The number of nitrogens with zero attached hydrogens (tertiary/aromatic N) is 1. The van der Waals surface area contributed by atoms with Gasteiger partial charge in [-0.1, -0.05) is 13.8 Å². The van der Waals surface area contributed by atoms with Crippen molar-refractivity contribution in [2.45, 2.75) is 26.3 Å². The van der Waals surface area contributed by atoms with Crippen LogP contribution in [0.3, 0.4) is 0 Å². The molecule has 0 saturated heterocycles. The van der Waals surface area contributed by atoms with E-state index in [1.54, 1.807) is 6.92 Å². The van der Waals surface area contributed by atoms with Crippen molar-refractivity contribution < 1.29 is 29.3 Å². The lowest BCUT2D eigenvalue weighted by molar-refractivity contribution is -0.154. The fourth-order valence-corrected chi connectivity index (χ4v) is 1.51. The number of methoxy groups -OCH3 is 1. The summed E-state index contributed by atoms with van der Waals surface area (Å²) in [5, 5.41) is 17.8. The molecule has 104 valence electrons. The van der Waals surface area contributed by atoms with Crippen molar-refractivity contribution in [1.82, 2.24) is 4.90 Å². The fourth-order valence-electron chi connectivity index (χ4n) is 1.51. The summed E-state index contributed by atoms with van der Waals surface area (Å²) in [4.78, 5) is 34.6. The molecule has 0 rings (SSSR count). The van der Waals surface area contributed by atoms with Gasteiger partial charge in [-0.25, -0.2) is 4.79 Å². The van der Waals surface area contributed by atoms with Gasteiger partial charge in [0.25, 0.3) is 0 Å². The summed E-state index contributed by atoms with van der Waals surface area (Å²) in [6.07, 6.45) is 0.205. The Bertz CT molecular complexity index is 317. The van der Waals surface area contributed by atoms with Crippen molar-refractivity contribution in [2.24, 2.45) is 5.92 Å².